The van der Waals surface area contributed by atoms with Crippen molar-refractivity contribution in [3.05, 3.63) is 75.6 Å². The van der Waals surface area contributed by atoms with E-state index in [0.717, 1.165) is 11.1 Å². The number of hydrogen-bond acceptors (Lipinski definition) is 6. The molecule has 0 fully saturated rings. The number of methoxy groups -OCH3 is 2. The average molecular weight is 425 g/mol. The van der Waals surface area contributed by atoms with Gasteiger partial charge in [-0.05, 0) is 29.8 Å². The molecule has 9 heteroatoms. The topological polar surface area (TPSA) is 96.0 Å². The maximum absolute atomic E-state index is 12.4. The molecule has 0 N–H and O–H groups in total. The molecule has 0 aliphatic carbocycles. The number of allylic oxidation sites excluding steroid dienone is 1. The lowest BCUT2D eigenvalue weighted by atomic mass is 10.2. The number of nitro groups is 1. The van der Waals surface area contributed by atoms with Gasteiger partial charge in [-0.1, -0.05) is 23.5 Å². The van der Waals surface area contributed by atoms with Crippen LogP contribution in [-0.2, 0) is 11.3 Å². The van der Waals surface area contributed by atoms with Crippen molar-refractivity contribution in [2.75, 3.05) is 14.2 Å². The summed E-state index contributed by atoms with van der Waals surface area (Å²) in [5.74, 6) is 0.693. The van der Waals surface area contributed by atoms with E-state index in [0.29, 0.717) is 27.5 Å². The number of rotatable bonds is 7. The first-order valence-electron chi connectivity index (χ1n) is 8.84. The van der Waals surface area contributed by atoms with Crippen LogP contribution in [0.15, 0.2) is 60.1 Å². The highest BCUT2D eigenvalue weighted by Gasteiger charge is 2.12. The Morgan fingerprint density at radius 2 is 2.00 bits per heavy atom. The van der Waals surface area contributed by atoms with E-state index in [1.54, 1.807) is 48.1 Å². The van der Waals surface area contributed by atoms with Crippen molar-refractivity contribution in [1.82, 2.24) is 4.57 Å². The molecule has 0 saturated heterocycles. The first-order chi connectivity index (χ1) is 14.5. The van der Waals surface area contributed by atoms with Gasteiger partial charge in [0.2, 0.25) is 0 Å². The number of benzene rings is 2. The van der Waals surface area contributed by atoms with Crippen molar-refractivity contribution >= 4 is 39.2 Å². The van der Waals surface area contributed by atoms with E-state index in [9.17, 15) is 14.9 Å². The summed E-state index contributed by atoms with van der Waals surface area (Å²) in [6.45, 7) is 4.15. The summed E-state index contributed by atoms with van der Waals surface area (Å²) < 4.78 is 12.9. The molecule has 30 heavy (non-hydrogen) atoms. The van der Waals surface area contributed by atoms with Crippen LogP contribution in [0.4, 0.5) is 5.69 Å². The SMILES string of the molecule is C=CCn1c(=NC(=O)/C=C\c2ccc(OC)c(OC)c2)sc2cc([N+](=O)[O-])ccc21. The molecule has 154 valence electrons. The molecule has 1 aromatic heterocycles. The van der Waals surface area contributed by atoms with Crippen molar-refractivity contribution in [1.29, 1.82) is 0 Å². The molecule has 3 rings (SSSR count). The van der Waals surface area contributed by atoms with Crippen LogP contribution in [-0.4, -0.2) is 29.6 Å². The lowest BCUT2D eigenvalue weighted by Crippen LogP contribution is -2.15. The Labute approximate surface area is 176 Å². The molecule has 3 aromatic rings. The summed E-state index contributed by atoms with van der Waals surface area (Å²) in [6, 6.07) is 9.84. The molecule has 0 spiro atoms. The van der Waals surface area contributed by atoms with Gasteiger partial charge in [0.15, 0.2) is 16.3 Å². The summed E-state index contributed by atoms with van der Waals surface area (Å²) in [4.78, 5) is 27.6. The molecule has 0 unspecified atom stereocenters. The van der Waals surface area contributed by atoms with Crippen LogP contribution >= 0.6 is 11.3 Å². The standard InChI is InChI=1S/C21H19N3O5S/c1-4-11-23-16-8-7-15(24(26)27)13-19(16)30-21(23)22-20(25)10-6-14-5-9-17(28-2)18(12-14)29-3/h4-10,12-13H,1,11H2,2-3H3/b10-6-,22-21?. The van der Waals surface area contributed by atoms with E-state index in [1.165, 1.54) is 36.7 Å². The lowest BCUT2D eigenvalue weighted by molar-refractivity contribution is -0.384. The van der Waals surface area contributed by atoms with Gasteiger partial charge in [0.1, 0.15) is 0 Å². The Kier molecular flexibility index (Phi) is 6.43. The quantitative estimate of drug-likeness (QED) is 0.247. The smallest absolute Gasteiger partial charge is 0.272 e. The molecule has 2 aromatic carbocycles. The number of nitro benzene ring substituents is 1. The predicted molar refractivity (Wildman–Crippen MR) is 116 cm³/mol. The zero-order chi connectivity index (χ0) is 21.7. The van der Waals surface area contributed by atoms with Gasteiger partial charge in [-0.3, -0.25) is 14.9 Å². The zero-order valence-electron chi connectivity index (χ0n) is 16.4. The summed E-state index contributed by atoms with van der Waals surface area (Å²) in [6.07, 6.45) is 4.66. The van der Waals surface area contributed by atoms with E-state index in [4.69, 9.17) is 9.47 Å². The third-order valence-corrected chi connectivity index (χ3v) is 5.26. The molecular weight excluding hydrogens is 406 g/mol. The first-order valence-corrected chi connectivity index (χ1v) is 9.66. The fourth-order valence-corrected chi connectivity index (χ4v) is 3.90. The van der Waals surface area contributed by atoms with Crippen LogP contribution in [0.3, 0.4) is 0 Å². The maximum Gasteiger partial charge on any atom is 0.272 e. The number of nitrogens with zero attached hydrogens (tertiary/aromatic N) is 3. The predicted octanol–water partition coefficient (Wildman–Crippen LogP) is 3.95. The Morgan fingerprint density at radius 1 is 1.23 bits per heavy atom. The number of fused-ring (bicyclic) bond motifs is 1. The van der Waals surface area contributed by atoms with Crippen molar-refractivity contribution in [2.45, 2.75) is 6.54 Å². The molecule has 0 bridgehead atoms. The number of ether oxygens (including phenoxy) is 2. The van der Waals surface area contributed by atoms with E-state index in [2.05, 4.69) is 11.6 Å². The molecule has 1 amide bonds. The zero-order valence-corrected chi connectivity index (χ0v) is 17.2. The van der Waals surface area contributed by atoms with Gasteiger partial charge in [-0.2, -0.15) is 4.99 Å². The van der Waals surface area contributed by atoms with Gasteiger partial charge in [0.25, 0.3) is 11.6 Å². The molecule has 0 saturated carbocycles. The Bertz CT molecular complexity index is 1220. The van der Waals surface area contributed by atoms with Crippen LogP contribution < -0.4 is 14.3 Å². The van der Waals surface area contributed by atoms with Gasteiger partial charge in [-0.25, -0.2) is 0 Å². The largest absolute Gasteiger partial charge is 0.493 e. The van der Waals surface area contributed by atoms with E-state index >= 15 is 0 Å². The van der Waals surface area contributed by atoms with E-state index in [1.807, 2.05) is 0 Å². The minimum Gasteiger partial charge on any atom is -0.493 e. The third kappa shape index (κ3) is 4.47. The number of carbonyl (C=O) groups is 1. The van der Waals surface area contributed by atoms with Crippen molar-refractivity contribution < 1.29 is 19.2 Å². The molecule has 1 heterocycles. The molecular formula is C21H19N3O5S. The molecule has 0 aliphatic rings. The summed E-state index contributed by atoms with van der Waals surface area (Å²) in [5.41, 5.74) is 1.49. The number of amides is 1. The van der Waals surface area contributed by atoms with Gasteiger partial charge >= 0.3 is 0 Å². The third-order valence-electron chi connectivity index (χ3n) is 4.22. The van der Waals surface area contributed by atoms with Gasteiger partial charge in [0.05, 0.1) is 29.4 Å². The molecule has 0 atom stereocenters. The van der Waals surface area contributed by atoms with Crippen molar-refractivity contribution in [2.24, 2.45) is 4.99 Å². The minimum absolute atomic E-state index is 0.0132. The van der Waals surface area contributed by atoms with Crippen LogP contribution in [0, 0.1) is 10.1 Å². The normalized spacial score (nSPS) is 11.7. The number of hydrogen-bond donors (Lipinski definition) is 0. The van der Waals surface area contributed by atoms with Crippen molar-refractivity contribution in [3.8, 4) is 11.5 Å². The highest BCUT2D eigenvalue weighted by molar-refractivity contribution is 7.16. The Morgan fingerprint density at radius 3 is 2.67 bits per heavy atom. The second-order valence-corrected chi connectivity index (χ2v) is 7.10. The van der Waals surface area contributed by atoms with Crippen LogP contribution in [0.1, 0.15) is 5.56 Å². The van der Waals surface area contributed by atoms with Gasteiger partial charge in [-0.15, -0.1) is 6.58 Å². The van der Waals surface area contributed by atoms with E-state index in [-0.39, 0.29) is 5.69 Å². The second kappa shape index (κ2) is 9.19. The fourth-order valence-electron chi connectivity index (χ4n) is 2.82. The number of aromatic nitrogens is 1. The van der Waals surface area contributed by atoms with Crippen LogP contribution in [0.2, 0.25) is 0 Å². The number of non-ortho nitro benzene ring substituents is 1. The summed E-state index contributed by atoms with van der Waals surface area (Å²) in [5, 5.41) is 11.0. The second-order valence-electron chi connectivity index (χ2n) is 6.09. The van der Waals surface area contributed by atoms with Crippen LogP contribution in [0.25, 0.3) is 16.3 Å². The maximum atomic E-state index is 12.4. The first kappa shape index (κ1) is 21.0. The summed E-state index contributed by atoms with van der Waals surface area (Å²) >= 11 is 1.21. The monoisotopic (exact) mass is 425 g/mol. The fraction of sp³-hybridized carbons (Fsp3) is 0.143. The average Bonchev–Trinajstić information content (AvgIpc) is 3.08. The number of carbonyl (C=O) groups excluding carboxylic acids is 1. The molecule has 0 aliphatic heterocycles. The highest BCUT2D eigenvalue weighted by Crippen LogP contribution is 2.28. The Balaban J connectivity index is 1.96. The van der Waals surface area contributed by atoms with Crippen molar-refractivity contribution in [3.63, 3.8) is 0 Å². The molecule has 8 nitrogen and oxygen atoms in total. The number of thiazole rings is 1. The highest BCUT2D eigenvalue weighted by atomic mass is 32.1. The van der Waals surface area contributed by atoms with Crippen LogP contribution in [0.5, 0.6) is 11.5 Å². The van der Waals surface area contributed by atoms with Gasteiger partial charge in [0, 0.05) is 24.8 Å². The van der Waals surface area contributed by atoms with Gasteiger partial charge < -0.3 is 14.0 Å². The van der Waals surface area contributed by atoms with E-state index < -0.39 is 10.8 Å². The molecule has 0 radical (unpaired) electrons. The lowest BCUT2D eigenvalue weighted by Gasteiger charge is -2.07. The summed E-state index contributed by atoms with van der Waals surface area (Å²) in [7, 11) is 3.09. The minimum atomic E-state index is -0.455. The Hall–Kier alpha value is -3.72.